The normalized spacial score (nSPS) is 32.4. The fourth-order valence-electron chi connectivity index (χ4n) is 4.43. The number of hydrogen-bond donors (Lipinski definition) is 0. The van der Waals surface area contributed by atoms with E-state index in [0.29, 0.717) is 12.5 Å². The van der Waals surface area contributed by atoms with E-state index in [0.717, 1.165) is 43.4 Å². The molecule has 0 spiro atoms. The van der Waals surface area contributed by atoms with Crippen LogP contribution in [0, 0.1) is 5.92 Å². The summed E-state index contributed by atoms with van der Waals surface area (Å²) in [5.74, 6) is 1.54. The Labute approximate surface area is 144 Å². The Morgan fingerprint density at radius 2 is 2.12 bits per heavy atom. The maximum Gasteiger partial charge on any atom is 0.225 e. The Balaban J connectivity index is 1.70. The first-order chi connectivity index (χ1) is 11.5. The fraction of sp³-hybridized carbons (Fsp3) is 0.765. The van der Waals surface area contributed by atoms with E-state index in [1.54, 1.807) is 6.20 Å². The molecule has 3 aliphatic heterocycles. The molecule has 3 atom stereocenters. The molecule has 2 fully saturated rings. The van der Waals surface area contributed by atoms with Crippen LogP contribution in [0.1, 0.15) is 43.9 Å². The second-order valence-electron chi connectivity index (χ2n) is 7.58. The second-order valence-corrected chi connectivity index (χ2v) is 9.80. The maximum atomic E-state index is 12.6. The summed E-state index contributed by atoms with van der Waals surface area (Å²) < 4.78 is 25.2. The summed E-state index contributed by atoms with van der Waals surface area (Å²) in [5, 5.41) is -0.298. The average Bonchev–Trinajstić information content (AvgIpc) is 3.00. The van der Waals surface area contributed by atoms with E-state index in [9.17, 15) is 8.42 Å². The minimum Gasteiger partial charge on any atom is -0.341 e. The molecule has 1 aromatic heterocycles. The summed E-state index contributed by atoms with van der Waals surface area (Å²) in [4.78, 5) is 13.9. The standard InChI is InChI=1S/C17H26N4O2S/c1-3-20-9-14-15(10-20)24(22,23)11-13-7-18-17(19-16(13)14)21-6-4-5-12(2)8-21/h7,12,14-15H,3-6,8-11H2,1-2H3/t12-,14+,15-/m1/s1. The number of hydrogen-bond acceptors (Lipinski definition) is 6. The van der Waals surface area contributed by atoms with Crippen LogP contribution in [-0.4, -0.2) is 61.3 Å². The monoisotopic (exact) mass is 350 g/mol. The van der Waals surface area contributed by atoms with Gasteiger partial charge in [-0.1, -0.05) is 13.8 Å². The Kier molecular flexibility index (Phi) is 4.03. The SMILES string of the molecule is CCN1C[C@@H]2c3nc(N4CCC[C@@H](C)C4)ncc3CS(=O)(=O)[C@@H]2C1. The number of piperidine rings is 1. The van der Waals surface area contributed by atoms with Crippen LogP contribution in [0.25, 0.3) is 0 Å². The number of anilines is 1. The predicted octanol–water partition coefficient (Wildman–Crippen LogP) is 1.43. The smallest absolute Gasteiger partial charge is 0.225 e. The molecule has 0 bridgehead atoms. The van der Waals surface area contributed by atoms with Crippen molar-refractivity contribution >= 4 is 15.8 Å². The number of aromatic nitrogens is 2. The summed E-state index contributed by atoms with van der Waals surface area (Å²) in [6.07, 6.45) is 4.20. The first kappa shape index (κ1) is 16.3. The summed E-state index contributed by atoms with van der Waals surface area (Å²) >= 11 is 0. The van der Waals surface area contributed by atoms with Gasteiger partial charge in [-0.05, 0) is 25.3 Å². The van der Waals surface area contributed by atoms with Crippen molar-refractivity contribution in [3.63, 3.8) is 0 Å². The van der Waals surface area contributed by atoms with Crippen LogP contribution in [0.3, 0.4) is 0 Å². The number of rotatable bonds is 2. The minimum absolute atomic E-state index is 0.00247. The lowest BCUT2D eigenvalue weighted by Crippen LogP contribution is -2.38. The zero-order valence-corrected chi connectivity index (χ0v) is 15.3. The van der Waals surface area contributed by atoms with Crippen molar-refractivity contribution in [1.29, 1.82) is 0 Å². The molecule has 24 heavy (non-hydrogen) atoms. The molecule has 0 aliphatic carbocycles. The van der Waals surface area contributed by atoms with E-state index in [1.165, 1.54) is 12.8 Å². The van der Waals surface area contributed by atoms with Crippen LogP contribution in [-0.2, 0) is 15.6 Å². The van der Waals surface area contributed by atoms with E-state index < -0.39 is 9.84 Å². The van der Waals surface area contributed by atoms with Gasteiger partial charge >= 0.3 is 0 Å². The topological polar surface area (TPSA) is 66.4 Å². The van der Waals surface area contributed by atoms with E-state index in [-0.39, 0.29) is 16.9 Å². The number of likely N-dealkylation sites (N-methyl/N-ethyl adjacent to an activating group) is 1. The first-order valence-electron chi connectivity index (χ1n) is 9.02. The van der Waals surface area contributed by atoms with Crippen molar-refractivity contribution in [2.45, 2.75) is 43.6 Å². The molecule has 2 saturated heterocycles. The van der Waals surface area contributed by atoms with E-state index >= 15 is 0 Å². The van der Waals surface area contributed by atoms with Crippen LogP contribution < -0.4 is 4.90 Å². The van der Waals surface area contributed by atoms with Gasteiger partial charge in [-0.2, -0.15) is 0 Å². The molecule has 4 rings (SSSR count). The van der Waals surface area contributed by atoms with Crippen LogP contribution in [0.2, 0.25) is 0 Å². The lowest BCUT2D eigenvalue weighted by Gasteiger charge is -2.32. The zero-order chi connectivity index (χ0) is 16.9. The average molecular weight is 350 g/mol. The Morgan fingerprint density at radius 3 is 2.88 bits per heavy atom. The highest BCUT2D eigenvalue weighted by Gasteiger charge is 2.47. The molecule has 3 aliphatic rings. The lowest BCUT2D eigenvalue weighted by molar-refractivity contribution is 0.353. The van der Waals surface area contributed by atoms with Crippen molar-refractivity contribution in [1.82, 2.24) is 14.9 Å². The Morgan fingerprint density at radius 1 is 1.29 bits per heavy atom. The van der Waals surface area contributed by atoms with Gasteiger partial charge in [0, 0.05) is 43.9 Å². The molecule has 4 heterocycles. The third-order valence-corrected chi connectivity index (χ3v) is 7.90. The van der Waals surface area contributed by atoms with Gasteiger partial charge in [-0.15, -0.1) is 0 Å². The highest BCUT2D eigenvalue weighted by Crippen LogP contribution is 2.39. The molecule has 1 aromatic rings. The van der Waals surface area contributed by atoms with Crippen molar-refractivity contribution in [3.8, 4) is 0 Å². The van der Waals surface area contributed by atoms with E-state index in [4.69, 9.17) is 4.98 Å². The van der Waals surface area contributed by atoms with Gasteiger partial charge < -0.3 is 9.80 Å². The predicted molar refractivity (Wildman–Crippen MR) is 93.9 cm³/mol. The van der Waals surface area contributed by atoms with Crippen LogP contribution in [0.5, 0.6) is 0 Å². The van der Waals surface area contributed by atoms with Crippen molar-refractivity contribution < 1.29 is 8.42 Å². The molecule has 0 N–H and O–H groups in total. The molecular formula is C17H26N4O2S. The Hall–Kier alpha value is -1.21. The van der Waals surface area contributed by atoms with Gasteiger partial charge in [0.05, 0.1) is 16.7 Å². The number of nitrogens with zero attached hydrogens (tertiary/aromatic N) is 4. The van der Waals surface area contributed by atoms with Crippen LogP contribution >= 0.6 is 0 Å². The molecule has 0 amide bonds. The fourth-order valence-corrected chi connectivity index (χ4v) is 6.45. The molecule has 7 heteroatoms. The molecule has 132 valence electrons. The third-order valence-electron chi connectivity index (χ3n) is 5.78. The third kappa shape index (κ3) is 2.71. The molecule has 0 aromatic carbocycles. The summed E-state index contributed by atoms with van der Waals surface area (Å²) in [7, 11) is -3.10. The summed E-state index contributed by atoms with van der Waals surface area (Å²) in [6.45, 7) is 8.67. The molecule has 0 radical (unpaired) electrons. The largest absolute Gasteiger partial charge is 0.341 e. The van der Waals surface area contributed by atoms with Gasteiger partial charge in [0.2, 0.25) is 5.95 Å². The van der Waals surface area contributed by atoms with Crippen molar-refractivity contribution in [2.24, 2.45) is 5.92 Å². The lowest BCUT2D eigenvalue weighted by atomic mass is 9.99. The van der Waals surface area contributed by atoms with E-state index in [2.05, 4.69) is 28.6 Å². The quantitative estimate of drug-likeness (QED) is 0.804. The molecular weight excluding hydrogens is 324 g/mol. The number of sulfone groups is 1. The van der Waals surface area contributed by atoms with Gasteiger partial charge in [-0.25, -0.2) is 18.4 Å². The molecule has 0 unspecified atom stereocenters. The number of likely N-dealkylation sites (tertiary alicyclic amines) is 1. The van der Waals surface area contributed by atoms with Gasteiger partial charge in [-0.3, -0.25) is 0 Å². The van der Waals surface area contributed by atoms with Gasteiger partial charge in [0.1, 0.15) is 0 Å². The van der Waals surface area contributed by atoms with Gasteiger partial charge in [0.15, 0.2) is 9.84 Å². The number of fused-ring (bicyclic) bond motifs is 3. The Bertz CT molecular complexity index is 736. The highest BCUT2D eigenvalue weighted by atomic mass is 32.2. The summed E-state index contributed by atoms with van der Waals surface area (Å²) in [5.41, 5.74) is 1.79. The van der Waals surface area contributed by atoms with Crippen LogP contribution in [0.4, 0.5) is 5.95 Å². The zero-order valence-electron chi connectivity index (χ0n) is 14.5. The van der Waals surface area contributed by atoms with Crippen LogP contribution in [0.15, 0.2) is 6.20 Å². The minimum atomic E-state index is -3.10. The molecule has 0 saturated carbocycles. The first-order valence-corrected chi connectivity index (χ1v) is 10.7. The van der Waals surface area contributed by atoms with Gasteiger partial charge in [0.25, 0.3) is 0 Å². The maximum absolute atomic E-state index is 12.6. The molecule has 6 nitrogen and oxygen atoms in total. The highest BCUT2D eigenvalue weighted by molar-refractivity contribution is 7.91. The summed E-state index contributed by atoms with van der Waals surface area (Å²) in [6, 6.07) is 0. The second kappa shape index (κ2) is 5.95. The van der Waals surface area contributed by atoms with Crippen molar-refractivity contribution in [3.05, 3.63) is 17.5 Å². The van der Waals surface area contributed by atoms with Crippen molar-refractivity contribution in [2.75, 3.05) is 37.6 Å². The van der Waals surface area contributed by atoms with E-state index in [1.807, 2.05) is 0 Å².